The standard InChI is InChI=1S/C19H20N4O3/c1-26-17(24)9-8-13-4-2-5-14(10-13)12-22-18(25)15-6-3-7-16(11-15)23-19(20)21/h2-11H,12H2,1H3,(H,22,25)(H4,20,21,23). The second-order valence-electron chi connectivity index (χ2n) is 5.37. The Bertz CT molecular complexity index is 855. The first-order valence-electron chi connectivity index (χ1n) is 7.81. The highest BCUT2D eigenvalue weighted by atomic mass is 16.5. The van der Waals surface area contributed by atoms with E-state index in [1.54, 1.807) is 30.3 Å². The van der Waals surface area contributed by atoms with Gasteiger partial charge in [0.1, 0.15) is 0 Å². The van der Waals surface area contributed by atoms with Crippen molar-refractivity contribution in [2.24, 2.45) is 16.5 Å². The average Bonchev–Trinajstić information content (AvgIpc) is 2.64. The van der Waals surface area contributed by atoms with Crippen LogP contribution in [0.4, 0.5) is 5.69 Å². The van der Waals surface area contributed by atoms with Gasteiger partial charge in [-0.3, -0.25) is 4.79 Å². The van der Waals surface area contributed by atoms with Crippen molar-refractivity contribution in [1.29, 1.82) is 0 Å². The number of benzene rings is 2. The van der Waals surface area contributed by atoms with E-state index >= 15 is 0 Å². The molecule has 2 aromatic carbocycles. The van der Waals surface area contributed by atoms with Gasteiger partial charge in [0, 0.05) is 18.2 Å². The summed E-state index contributed by atoms with van der Waals surface area (Å²) in [6.45, 7) is 0.339. The number of hydrogen-bond acceptors (Lipinski definition) is 4. The summed E-state index contributed by atoms with van der Waals surface area (Å²) >= 11 is 0. The predicted molar refractivity (Wildman–Crippen MR) is 101 cm³/mol. The molecule has 7 nitrogen and oxygen atoms in total. The molecular weight excluding hydrogens is 332 g/mol. The first kappa shape index (κ1) is 18.7. The molecule has 0 heterocycles. The summed E-state index contributed by atoms with van der Waals surface area (Å²) in [5.41, 5.74) is 13.4. The molecule has 0 aliphatic heterocycles. The van der Waals surface area contributed by atoms with Gasteiger partial charge in [-0.1, -0.05) is 24.3 Å². The Hall–Kier alpha value is -3.61. The van der Waals surface area contributed by atoms with Crippen molar-refractivity contribution in [3.8, 4) is 0 Å². The molecule has 7 heteroatoms. The molecule has 0 fully saturated rings. The summed E-state index contributed by atoms with van der Waals surface area (Å²) in [4.78, 5) is 27.4. The number of hydrogen-bond donors (Lipinski definition) is 3. The Labute approximate surface area is 151 Å². The lowest BCUT2D eigenvalue weighted by Crippen LogP contribution is -2.23. The summed E-state index contributed by atoms with van der Waals surface area (Å²) < 4.78 is 4.56. The van der Waals surface area contributed by atoms with Crippen LogP contribution in [0, 0.1) is 0 Å². The molecule has 0 spiro atoms. The summed E-state index contributed by atoms with van der Waals surface area (Å²) in [6, 6.07) is 14.1. The Kier molecular flexibility index (Phi) is 6.50. The van der Waals surface area contributed by atoms with Gasteiger partial charge in [-0.05, 0) is 41.5 Å². The molecule has 0 bridgehead atoms. The number of esters is 1. The molecule has 2 aromatic rings. The Morgan fingerprint density at radius 1 is 1.15 bits per heavy atom. The van der Waals surface area contributed by atoms with Crippen molar-refractivity contribution in [2.75, 3.05) is 7.11 Å². The van der Waals surface area contributed by atoms with Gasteiger partial charge in [0.15, 0.2) is 5.96 Å². The Morgan fingerprint density at radius 3 is 2.65 bits per heavy atom. The summed E-state index contributed by atoms with van der Waals surface area (Å²) in [5.74, 6) is -0.739. The van der Waals surface area contributed by atoms with Gasteiger partial charge in [-0.2, -0.15) is 0 Å². The number of nitrogens with one attached hydrogen (secondary N) is 1. The van der Waals surface area contributed by atoms with Crippen LogP contribution < -0.4 is 16.8 Å². The van der Waals surface area contributed by atoms with Crippen LogP contribution in [0.5, 0.6) is 0 Å². The number of methoxy groups -OCH3 is 1. The minimum absolute atomic E-state index is 0.0700. The van der Waals surface area contributed by atoms with Crippen LogP contribution in [-0.4, -0.2) is 24.9 Å². The number of nitrogens with two attached hydrogens (primary N) is 2. The molecule has 0 aromatic heterocycles. The van der Waals surface area contributed by atoms with E-state index in [2.05, 4.69) is 15.0 Å². The molecule has 0 aliphatic carbocycles. The third-order valence-electron chi connectivity index (χ3n) is 3.38. The van der Waals surface area contributed by atoms with Crippen molar-refractivity contribution < 1.29 is 14.3 Å². The van der Waals surface area contributed by atoms with Crippen molar-refractivity contribution >= 4 is 29.6 Å². The van der Waals surface area contributed by atoms with E-state index in [0.717, 1.165) is 11.1 Å². The molecular formula is C19H20N4O3. The lowest BCUT2D eigenvalue weighted by molar-refractivity contribution is -0.134. The smallest absolute Gasteiger partial charge is 0.330 e. The molecule has 0 atom stereocenters. The van der Waals surface area contributed by atoms with Crippen LogP contribution >= 0.6 is 0 Å². The lowest BCUT2D eigenvalue weighted by Gasteiger charge is -2.07. The number of carbonyl (C=O) groups is 2. The highest BCUT2D eigenvalue weighted by molar-refractivity contribution is 5.95. The van der Waals surface area contributed by atoms with Crippen LogP contribution in [0.1, 0.15) is 21.5 Å². The van der Waals surface area contributed by atoms with Crippen LogP contribution in [-0.2, 0) is 16.1 Å². The molecule has 2 rings (SSSR count). The van der Waals surface area contributed by atoms with E-state index in [-0.39, 0.29) is 11.9 Å². The topological polar surface area (TPSA) is 120 Å². The fraction of sp³-hybridized carbons (Fsp3) is 0.105. The van der Waals surface area contributed by atoms with Gasteiger partial charge in [-0.15, -0.1) is 0 Å². The molecule has 0 saturated heterocycles. The Balaban J connectivity index is 2.02. The first-order chi connectivity index (χ1) is 12.5. The van der Waals surface area contributed by atoms with Crippen molar-refractivity contribution in [1.82, 2.24) is 5.32 Å². The van der Waals surface area contributed by atoms with Gasteiger partial charge in [0.25, 0.3) is 5.91 Å². The van der Waals surface area contributed by atoms with Gasteiger partial charge in [-0.25, -0.2) is 9.79 Å². The van der Waals surface area contributed by atoms with E-state index in [0.29, 0.717) is 17.8 Å². The number of amides is 1. The van der Waals surface area contributed by atoms with Crippen molar-refractivity contribution in [3.05, 3.63) is 71.3 Å². The zero-order chi connectivity index (χ0) is 18.9. The fourth-order valence-electron chi connectivity index (χ4n) is 2.19. The van der Waals surface area contributed by atoms with E-state index in [4.69, 9.17) is 11.5 Å². The average molecular weight is 352 g/mol. The van der Waals surface area contributed by atoms with Gasteiger partial charge >= 0.3 is 5.97 Å². The van der Waals surface area contributed by atoms with Crippen LogP contribution in [0.3, 0.4) is 0 Å². The predicted octanol–water partition coefficient (Wildman–Crippen LogP) is 1.71. The molecule has 26 heavy (non-hydrogen) atoms. The summed E-state index contributed by atoms with van der Waals surface area (Å²) in [7, 11) is 1.32. The molecule has 5 N–H and O–H groups in total. The minimum Gasteiger partial charge on any atom is -0.466 e. The SMILES string of the molecule is COC(=O)C=Cc1cccc(CNC(=O)c2cccc(N=C(N)N)c2)c1. The number of carbonyl (C=O) groups excluding carboxylic acids is 2. The van der Waals surface area contributed by atoms with Gasteiger partial charge in [0.2, 0.25) is 0 Å². The Morgan fingerprint density at radius 2 is 1.92 bits per heavy atom. The highest BCUT2D eigenvalue weighted by Gasteiger charge is 2.06. The van der Waals surface area contributed by atoms with Gasteiger partial charge in [0.05, 0.1) is 12.8 Å². The molecule has 0 aliphatic rings. The third-order valence-corrected chi connectivity index (χ3v) is 3.38. The second kappa shape index (κ2) is 9.03. The summed E-state index contributed by atoms with van der Waals surface area (Å²) in [6.07, 6.45) is 2.99. The van der Waals surface area contributed by atoms with E-state index in [9.17, 15) is 9.59 Å². The number of nitrogens with zero attached hydrogens (tertiary/aromatic N) is 1. The monoisotopic (exact) mass is 352 g/mol. The molecule has 0 saturated carbocycles. The van der Waals surface area contributed by atoms with E-state index in [1.807, 2.05) is 24.3 Å². The molecule has 1 amide bonds. The van der Waals surface area contributed by atoms with Crippen LogP contribution in [0.25, 0.3) is 6.08 Å². The fourth-order valence-corrected chi connectivity index (χ4v) is 2.19. The maximum absolute atomic E-state index is 12.3. The third kappa shape index (κ3) is 5.79. The van der Waals surface area contributed by atoms with E-state index < -0.39 is 5.97 Å². The van der Waals surface area contributed by atoms with E-state index in [1.165, 1.54) is 13.2 Å². The number of guanidine groups is 1. The maximum atomic E-state index is 12.3. The zero-order valence-electron chi connectivity index (χ0n) is 14.3. The quantitative estimate of drug-likeness (QED) is 0.316. The number of rotatable bonds is 6. The first-order valence-corrected chi connectivity index (χ1v) is 7.81. The largest absolute Gasteiger partial charge is 0.466 e. The second-order valence-corrected chi connectivity index (χ2v) is 5.37. The normalized spacial score (nSPS) is 10.3. The van der Waals surface area contributed by atoms with Crippen molar-refractivity contribution in [3.63, 3.8) is 0 Å². The van der Waals surface area contributed by atoms with Gasteiger partial charge < -0.3 is 21.5 Å². The summed E-state index contributed by atoms with van der Waals surface area (Å²) in [5, 5.41) is 2.83. The number of aliphatic imine (C=N–C) groups is 1. The van der Waals surface area contributed by atoms with Crippen LogP contribution in [0.15, 0.2) is 59.6 Å². The highest BCUT2D eigenvalue weighted by Crippen LogP contribution is 2.14. The molecule has 0 unspecified atom stereocenters. The lowest BCUT2D eigenvalue weighted by atomic mass is 10.1. The van der Waals surface area contributed by atoms with Crippen molar-refractivity contribution in [2.45, 2.75) is 6.54 Å². The van der Waals surface area contributed by atoms with Crippen LogP contribution in [0.2, 0.25) is 0 Å². The zero-order valence-corrected chi connectivity index (χ0v) is 14.3. The molecule has 0 radical (unpaired) electrons. The minimum atomic E-state index is -0.427. The number of ether oxygens (including phenoxy) is 1. The molecule has 134 valence electrons. The maximum Gasteiger partial charge on any atom is 0.330 e.